The molecule has 3 aromatic rings. The summed E-state index contributed by atoms with van der Waals surface area (Å²) in [6.07, 6.45) is 3.46. The molecule has 1 unspecified atom stereocenters. The van der Waals surface area contributed by atoms with E-state index in [1.54, 1.807) is 7.11 Å². The summed E-state index contributed by atoms with van der Waals surface area (Å²) < 4.78 is 13.5. The molecule has 130 valence electrons. The van der Waals surface area contributed by atoms with Crippen LogP contribution in [0.4, 0.5) is 0 Å². The summed E-state index contributed by atoms with van der Waals surface area (Å²) in [6.45, 7) is 1.03. The van der Waals surface area contributed by atoms with Gasteiger partial charge in [0.25, 0.3) is 0 Å². The summed E-state index contributed by atoms with van der Waals surface area (Å²) >= 11 is 0. The summed E-state index contributed by atoms with van der Waals surface area (Å²) in [5.41, 5.74) is 3.31. The molecule has 1 heterocycles. The second-order valence-electron chi connectivity index (χ2n) is 6.15. The zero-order valence-corrected chi connectivity index (χ0v) is 14.6. The first kappa shape index (κ1) is 17.2. The number of carbonyl (C=O) groups excluding carboxylic acids is 1. The number of rotatable bonds is 8. The predicted octanol–water partition coefficient (Wildman–Crippen LogP) is 4.08. The van der Waals surface area contributed by atoms with Gasteiger partial charge >= 0.3 is 0 Å². The molecule has 0 aliphatic heterocycles. The predicted molar refractivity (Wildman–Crippen MR) is 99.0 cm³/mol. The molecule has 0 saturated carbocycles. The fourth-order valence-corrected chi connectivity index (χ4v) is 3.22. The zero-order chi connectivity index (χ0) is 17.6. The highest BCUT2D eigenvalue weighted by molar-refractivity contribution is 5.90. The molecule has 0 saturated heterocycles. The number of aldehydes is 1. The van der Waals surface area contributed by atoms with Gasteiger partial charge in [-0.05, 0) is 23.3 Å². The van der Waals surface area contributed by atoms with Crippen LogP contribution in [-0.2, 0) is 23.2 Å². The molecule has 0 radical (unpaired) electrons. The molecular weight excluding hydrogens is 314 g/mol. The van der Waals surface area contributed by atoms with Crippen molar-refractivity contribution < 1.29 is 14.3 Å². The van der Waals surface area contributed by atoms with E-state index in [-0.39, 0.29) is 5.92 Å². The molecule has 0 N–H and O–H groups in total. The highest BCUT2D eigenvalue weighted by atomic mass is 16.5. The Hall–Kier alpha value is -2.59. The van der Waals surface area contributed by atoms with E-state index in [1.807, 2.05) is 49.5 Å². The van der Waals surface area contributed by atoms with E-state index in [0.717, 1.165) is 34.1 Å². The van der Waals surface area contributed by atoms with Crippen LogP contribution in [0.5, 0.6) is 5.75 Å². The maximum Gasteiger partial charge on any atom is 0.128 e. The molecule has 25 heavy (non-hydrogen) atoms. The van der Waals surface area contributed by atoms with Crippen molar-refractivity contribution in [1.29, 1.82) is 0 Å². The van der Waals surface area contributed by atoms with Gasteiger partial charge < -0.3 is 18.8 Å². The smallest absolute Gasteiger partial charge is 0.128 e. The minimum absolute atomic E-state index is 0.00112. The van der Waals surface area contributed by atoms with Crippen LogP contribution >= 0.6 is 0 Å². The lowest BCUT2D eigenvalue weighted by Crippen LogP contribution is -2.09. The lowest BCUT2D eigenvalue weighted by Gasteiger charge is -2.15. The van der Waals surface area contributed by atoms with E-state index in [2.05, 4.69) is 16.8 Å². The maximum atomic E-state index is 11.2. The monoisotopic (exact) mass is 337 g/mol. The number of hydrogen-bond donors (Lipinski definition) is 0. The Balaban J connectivity index is 1.85. The van der Waals surface area contributed by atoms with Gasteiger partial charge in [0.05, 0.1) is 25.8 Å². The number of carbonyl (C=O) groups is 1. The summed E-state index contributed by atoms with van der Waals surface area (Å²) in [7, 11) is 3.68. The average molecular weight is 337 g/mol. The summed E-state index contributed by atoms with van der Waals surface area (Å²) in [4.78, 5) is 11.2. The van der Waals surface area contributed by atoms with E-state index in [1.165, 1.54) is 0 Å². The highest BCUT2D eigenvalue weighted by Crippen LogP contribution is 2.35. The minimum atomic E-state index is 0.00112. The molecule has 0 bridgehead atoms. The van der Waals surface area contributed by atoms with Crippen molar-refractivity contribution in [2.45, 2.75) is 18.9 Å². The number of ether oxygens (including phenoxy) is 2. The second-order valence-corrected chi connectivity index (χ2v) is 6.15. The Morgan fingerprint density at radius 2 is 1.92 bits per heavy atom. The van der Waals surface area contributed by atoms with Crippen molar-refractivity contribution in [2.75, 3.05) is 13.7 Å². The van der Waals surface area contributed by atoms with Gasteiger partial charge in [0.2, 0.25) is 0 Å². The first-order valence-corrected chi connectivity index (χ1v) is 8.41. The SMILES string of the molecule is COc1cccc2c1c(C(CC=O)COCc1ccccc1)cn2C. The number of nitrogens with zero attached hydrogens (tertiary/aromatic N) is 1. The summed E-state index contributed by atoms with van der Waals surface area (Å²) in [5.74, 6) is 0.827. The van der Waals surface area contributed by atoms with Crippen LogP contribution < -0.4 is 4.74 Å². The molecule has 0 fully saturated rings. The lowest BCUT2D eigenvalue weighted by molar-refractivity contribution is -0.108. The molecule has 4 heteroatoms. The van der Waals surface area contributed by atoms with Crippen LogP contribution in [-0.4, -0.2) is 24.6 Å². The van der Waals surface area contributed by atoms with Gasteiger partial charge in [-0.25, -0.2) is 0 Å². The largest absolute Gasteiger partial charge is 0.496 e. The van der Waals surface area contributed by atoms with Crippen LogP contribution in [0.3, 0.4) is 0 Å². The van der Waals surface area contributed by atoms with E-state index >= 15 is 0 Å². The van der Waals surface area contributed by atoms with Gasteiger partial charge in [0, 0.05) is 31.0 Å². The number of aryl methyl sites for hydroxylation is 1. The van der Waals surface area contributed by atoms with E-state index < -0.39 is 0 Å². The van der Waals surface area contributed by atoms with Gasteiger partial charge in [0.1, 0.15) is 12.0 Å². The normalized spacial score (nSPS) is 12.2. The molecule has 2 aromatic carbocycles. The van der Waals surface area contributed by atoms with E-state index in [0.29, 0.717) is 19.6 Å². The lowest BCUT2D eigenvalue weighted by atomic mass is 9.96. The zero-order valence-electron chi connectivity index (χ0n) is 14.6. The molecular formula is C21H23NO3. The van der Waals surface area contributed by atoms with Gasteiger partial charge in [-0.2, -0.15) is 0 Å². The maximum absolute atomic E-state index is 11.2. The van der Waals surface area contributed by atoms with Gasteiger partial charge in [-0.15, -0.1) is 0 Å². The van der Waals surface area contributed by atoms with Crippen LogP contribution in [0.25, 0.3) is 10.9 Å². The van der Waals surface area contributed by atoms with E-state index in [9.17, 15) is 4.79 Å². The molecule has 0 aliphatic rings. The van der Waals surface area contributed by atoms with Crippen LogP contribution in [0.2, 0.25) is 0 Å². The van der Waals surface area contributed by atoms with Crippen LogP contribution in [0.15, 0.2) is 54.7 Å². The highest BCUT2D eigenvalue weighted by Gasteiger charge is 2.20. The minimum Gasteiger partial charge on any atom is -0.496 e. The van der Waals surface area contributed by atoms with E-state index in [4.69, 9.17) is 9.47 Å². The summed E-state index contributed by atoms with van der Waals surface area (Å²) in [5, 5.41) is 1.06. The third kappa shape index (κ3) is 3.74. The third-order valence-corrected chi connectivity index (χ3v) is 4.48. The Bertz CT molecular complexity index is 839. The fraction of sp³-hybridized carbons (Fsp3) is 0.286. The van der Waals surface area contributed by atoms with Crippen molar-refractivity contribution in [1.82, 2.24) is 4.57 Å². The Kier molecular flexibility index (Phi) is 5.51. The van der Waals surface area contributed by atoms with Gasteiger partial charge in [-0.1, -0.05) is 36.4 Å². The second kappa shape index (κ2) is 7.99. The molecule has 0 amide bonds. The van der Waals surface area contributed by atoms with Crippen molar-refractivity contribution in [3.05, 3.63) is 65.9 Å². The molecule has 4 nitrogen and oxygen atoms in total. The molecule has 0 aliphatic carbocycles. The molecule has 1 atom stereocenters. The standard InChI is InChI=1S/C21H23NO3/c1-22-13-18(21-19(22)9-6-10-20(21)24-2)17(11-12-23)15-25-14-16-7-4-3-5-8-16/h3-10,12-13,17H,11,14-15H2,1-2H3. The first-order valence-electron chi connectivity index (χ1n) is 8.41. The van der Waals surface area contributed by atoms with Crippen molar-refractivity contribution in [2.24, 2.45) is 7.05 Å². The number of benzene rings is 2. The number of methoxy groups -OCH3 is 1. The van der Waals surface area contributed by atoms with Crippen molar-refractivity contribution in [3.8, 4) is 5.75 Å². The summed E-state index contributed by atoms with van der Waals surface area (Å²) in [6, 6.07) is 16.0. The molecule has 0 spiro atoms. The Morgan fingerprint density at radius 3 is 2.64 bits per heavy atom. The van der Waals surface area contributed by atoms with Crippen LogP contribution in [0.1, 0.15) is 23.5 Å². The van der Waals surface area contributed by atoms with Gasteiger partial charge in [-0.3, -0.25) is 0 Å². The average Bonchev–Trinajstić information content (AvgIpc) is 2.99. The molecule has 1 aromatic heterocycles. The topological polar surface area (TPSA) is 40.5 Å². The first-order chi connectivity index (χ1) is 12.2. The Morgan fingerprint density at radius 1 is 1.12 bits per heavy atom. The third-order valence-electron chi connectivity index (χ3n) is 4.48. The Labute approximate surface area is 148 Å². The van der Waals surface area contributed by atoms with Crippen molar-refractivity contribution in [3.63, 3.8) is 0 Å². The quantitative estimate of drug-likeness (QED) is 0.582. The van der Waals surface area contributed by atoms with Crippen molar-refractivity contribution >= 4 is 17.2 Å². The number of aromatic nitrogens is 1. The molecule has 3 rings (SSSR count). The fourth-order valence-electron chi connectivity index (χ4n) is 3.22. The van der Waals surface area contributed by atoms with Crippen LogP contribution in [0, 0.1) is 0 Å². The van der Waals surface area contributed by atoms with Gasteiger partial charge in [0.15, 0.2) is 0 Å². The number of fused-ring (bicyclic) bond motifs is 1. The number of hydrogen-bond acceptors (Lipinski definition) is 3.